The zero-order valence-corrected chi connectivity index (χ0v) is 10.5. The first-order valence-electron chi connectivity index (χ1n) is 4.58. The molecule has 0 atom stereocenters. The van der Waals surface area contributed by atoms with Gasteiger partial charge in [-0.3, -0.25) is 0 Å². The third-order valence-electron chi connectivity index (χ3n) is 2.01. The Morgan fingerprint density at radius 1 is 1.42 bits per heavy atom. The number of nitrogens with one attached hydrogen (secondary N) is 1. The summed E-state index contributed by atoms with van der Waals surface area (Å²) in [5, 5.41) is 3.26. The van der Waals surface area contributed by atoms with Crippen molar-refractivity contribution in [2.24, 2.45) is 5.73 Å². The fourth-order valence-electron chi connectivity index (χ4n) is 0.968. The van der Waals surface area contributed by atoms with Gasteiger partial charge in [0.05, 0.1) is 0 Å². The van der Waals surface area contributed by atoms with Crippen LogP contribution in [-0.2, 0) is 4.43 Å². The van der Waals surface area contributed by atoms with Crippen LogP contribution in [0.4, 0.5) is 0 Å². The van der Waals surface area contributed by atoms with Gasteiger partial charge < -0.3 is 15.5 Å². The van der Waals surface area contributed by atoms with Gasteiger partial charge in [-0.2, -0.15) is 0 Å². The van der Waals surface area contributed by atoms with Crippen molar-refractivity contribution in [1.29, 1.82) is 0 Å². The van der Waals surface area contributed by atoms with Gasteiger partial charge in [-0.15, -0.1) is 0 Å². The van der Waals surface area contributed by atoms with E-state index in [9.17, 15) is 0 Å². The molecule has 0 saturated heterocycles. The summed E-state index contributed by atoms with van der Waals surface area (Å²) < 4.78 is 5.43. The first kappa shape index (κ1) is 12.1. The molecule has 0 spiro atoms. The second-order valence-electron chi connectivity index (χ2n) is 3.61. The quantitative estimate of drug-likeness (QED) is 0.416. The molecule has 0 aromatic rings. The summed E-state index contributed by atoms with van der Waals surface area (Å²) in [6, 6.07) is 0. The lowest BCUT2D eigenvalue weighted by atomic mass is 10.0. The third-order valence-corrected chi connectivity index (χ3v) is 3.11. The molecule has 0 saturated carbocycles. The van der Waals surface area contributed by atoms with Crippen LogP contribution in [0.15, 0.2) is 0 Å². The predicted octanol–water partition coefficient (Wildman–Crippen LogP) is -0.609. The molecule has 4 heteroatoms. The lowest BCUT2D eigenvalue weighted by molar-refractivity contribution is 0.110. The van der Waals surface area contributed by atoms with E-state index in [1.54, 1.807) is 0 Å². The summed E-state index contributed by atoms with van der Waals surface area (Å²) in [6.45, 7) is 6.97. The van der Waals surface area contributed by atoms with Gasteiger partial charge in [-0.25, -0.2) is 0 Å². The van der Waals surface area contributed by atoms with E-state index in [-0.39, 0.29) is 5.60 Å². The molecular weight excluding hydrogens is 168 g/mol. The maximum absolute atomic E-state index is 5.43. The molecule has 0 bridgehead atoms. The molecule has 12 heavy (non-hydrogen) atoms. The third kappa shape index (κ3) is 6.79. The van der Waals surface area contributed by atoms with Crippen molar-refractivity contribution >= 4 is 10.5 Å². The van der Waals surface area contributed by atoms with Crippen LogP contribution in [0.1, 0.15) is 26.7 Å². The summed E-state index contributed by atoms with van der Waals surface area (Å²) in [5.74, 6) is 0. The van der Waals surface area contributed by atoms with Crippen LogP contribution in [0.25, 0.3) is 0 Å². The van der Waals surface area contributed by atoms with E-state index in [0.717, 1.165) is 43.0 Å². The second-order valence-corrected chi connectivity index (χ2v) is 4.01. The molecule has 0 unspecified atom stereocenters. The fourth-order valence-corrected chi connectivity index (χ4v) is 1.17. The van der Waals surface area contributed by atoms with E-state index in [1.165, 1.54) is 0 Å². The number of hydrogen-bond acceptors (Lipinski definition) is 3. The molecule has 74 valence electrons. The molecular formula is C8H22N2OSi. The fraction of sp³-hybridized carbons (Fsp3) is 1.00. The molecule has 0 radical (unpaired) electrons. The van der Waals surface area contributed by atoms with Crippen molar-refractivity contribution in [3.63, 3.8) is 0 Å². The Morgan fingerprint density at radius 2 is 2.08 bits per heavy atom. The zero-order valence-electron chi connectivity index (χ0n) is 8.52. The van der Waals surface area contributed by atoms with Crippen molar-refractivity contribution in [2.75, 3.05) is 19.6 Å². The van der Waals surface area contributed by atoms with Crippen molar-refractivity contribution < 1.29 is 4.43 Å². The number of nitrogens with two attached hydrogens (primary N) is 1. The van der Waals surface area contributed by atoms with Gasteiger partial charge in [0, 0.05) is 18.7 Å². The molecule has 0 aliphatic heterocycles. The highest BCUT2D eigenvalue weighted by Crippen LogP contribution is 2.13. The van der Waals surface area contributed by atoms with Crippen molar-refractivity contribution in [2.45, 2.75) is 32.3 Å². The minimum Gasteiger partial charge on any atom is -0.423 e. The van der Waals surface area contributed by atoms with Crippen LogP contribution >= 0.6 is 0 Å². The SMILES string of the molecule is CC(C)(CCCNCCN)O[SiH3]. The number of rotatable bonds is 7. The molecule has 0 aromatic heterocycles. The molecule has 3 N–H and O–H groups in total. The highest BCUT2D eigenvalue weighted by atomic mass is 28.2. The minimum atomic E-state index is 0.0800. The average molecular weight is 190 g/mol. The lowest BCUT2D eigenvalue weighted by Crippen LogP contribution is -2.27. The molecule has 0 amide bonds. The number of hydrogen-bond donors (Lipinski definition) is 2. The Hall–Kier alpha value is 0.0969. The van der Waals surface area contributed by atoms with Crippen LogP contribution in [-0.4, -0.2) is 35.7 Å². The molecule has 0 rings (SSSR count). The Bertz CT molecular complexity index is 109. The summed E-state index contributed by atoms with van der Waals surface area (Å²) in [7, 11) is 0.827. The molecule has 0 aliphatic carbocycles. The normalized spacial score (nSPS) is 12.2. The Balaban J connectivity index is 3.19. The molecule has 0 fully saturated rings. The average Bonchev–Trinajstić information content (AvgIpc) is 2.04. The van der Waals surface area contributed by atoms with Gasteiger partial charge >= 0.3 is 0 Å². The van der Waals surface area contributed by atoms with E-state index < -0.39 is 0 Å². The van der Waals surface area contributed by atoms with E-state index in [4.69, 9.17) is 10.2 Å². The van der Waals surface area contributed by atoms with E-state index >= 15 is 0 Å². The van der Waals surface area contributed by atoms with Crippen molar-refractivity contribution in [3.05, 3.63) is 0 Å². The van der Waals surface area contributed by atoms with Crippen LogP contribution in [0.5, 0.6) is 0 Å². The topological polar surface area (TPSA) is 47.3 Å². The standard InChI is InChI=1S/C8H22N2OSi/c1-8(2,11-12)4-3-6-10-7-5-9/h10H,3-7,9H2,1-2,12H3. The van der Waals surface area contributed by atoms with Gasteiger partial charge in [-0.05, 0) is 33.2 Å². The summed E-state index contributed by atoms with van der Waals surface area (Å²) in [5.41, 5.74) is 5.42. The smallest absolute Gasteiger partial charge is 0.146 e. The lowest BCUT2D eigenvalue weighted by Gasteiger charge is -2.23. The van der Waals surface area contributed by atoms with E-state index in [2.05, 4.69) is 19.2 Å². The first-order valence-corrected chi connectivity index (χ1v) is 5.40. The highest BCUT2D eigenvalue weighted by molar-refractivity contribution is 5.98. The highest BCUT2D eigenvalue weighted by Gasteiger charge is 2.13. The summed E-state index contributed by atoms with van der Waals surface area (Å²) in [4.78, 5) is 0. The Labute approximate surface area is 78.6 Å². The summed E-state index contributed by atoms with van der Waals surface area (Å²) >= 11 is 0. The van der Waals surface area contributed by atoms with Crippen molar-refractivity contribution in [3.8, 4) is 0 Å². The molecule has 0 aromatic carbocycles. The monoisotopic (exact) mass is 190 g/mol. The van der Waals surface area contributed by atoms with Gasteiger partial charge in [0.15, 0.2) is 0 Å². The van der Waals surface area contributed by atoms with E-state index in [1.807, 2.05) is 0 Å². The Morgan fingerprint density at radius 3 is 2.58 bits per heavy atom. The van der Waals surface area contributed by atoms with Crippen LogP contribution in [0, 0.1) is 0 Å². The van der Waals surface area contributed by atoms with Gasteiger partial charge in [0.1, 0.15) is 10.5 Å². The van der Waals surface area contributed by atoms with Gasteiger partial charge in [0.2, 0.25) is 0 Å². The van der Waals surface area contributed by atoms with Crippen LogP contribution in [0.2, 0.25) is 0 Å². The first-order chi connectivity index (χ1) is 5.62. The zero-order chi connectivity index (χ0) is 9.45. The molecule has 0 aliphatic rings. The van der Waals surface area contributed by atoms with E-state index in [0.29, 0.717) is 0 Å². The van der Waals surface area contributed by atoms with Crippen LogP contribution < -0.4 is 11.1 Å². The van der Waals surface area contributed by atoms with Crippen molar-refractivity contribution in [1.82, 2.24) is 5.32 Å². The Kier molecular flexibility index (Phi) is 6.65. The largest absolute Gasteiger partial charge is 0.423 e. The maximum atomic E-state index is 5.43. The molecule has 0 heterocycles. The van der Waals surface area contributed by atoms with Gasteiger partial charge in [-0.1, -0.05) is 0 Å². The second kappa shape index (κ2) is 6.60. The summed E-state index contributed by atoms with van der Waals surface area (Å²) in [6.07, 6.45) is 2.28. The minimum absolute atomic E-state index is 0.0800. The van der Waals surface area contributed by atoms with Crippen LogP contribution in [0.3, 0.4) is 0 Å². The maximum Gasteiger partial charge on any atom is 0.146 e. The van der Waals surface area contributed by atoms with Gasteiger partial charge in [0.25, 0.3) is 0 Å². The molecule has 3 nitrogen and oxygen atoms in total. The predicted molar refractivity (Wildman–Crippen MR) is 56.3 cm³/mol.